The van der Waals surface area contributed by atoms with E-state index in [4.69, 9.17) is 17.0 Å². The van der Waals surface area contributed by atoms with Gasteiger partial charge in [-0.1, -0.05) is 12.2 Å². The van der Waals surface area contributed by atoms with Gasteiger partial charge in [0.1, 0.15) is 0 Å². The van der Waals surface area contributed by atoms with Gasteiger partial charge in [0.2, 0.25) is 0 Å². The zero-order valence-electron chi connectivity index (χ0n) is 5.18. The van der Waals surface area contributed by atoms with Crippen LogP contribution in [0.5, 0.6) is 0 Å². The minimum atomic E-state index is 0.222. The highest BCUT2D eigenvalue weighted by Gasteiger charge is 2.22. The molecule has 1 aliphatic rings. The van der Waals surface area contributed by atoms with Crippen LogP contribution in [0.25, 0.3) is 0 Å². The van der Waals surface area contributed by atoms with Crippen LogP contribution >= 0.6 is 12.2 Å². The molecule has 8 heavy (non-hydrogen) atoms. The van der Waals surface area contributed by atoms with E-state index in [0.29, 0.717) is 6.10 Å². The quantitative estimate of drug-likeness (QED) is 0.460. The van der Waals surface area contributed by atoms with E-state index >= 15 is 0 Å². The van der Waals surface area contributed by atoms with E-state index in [1.165, 1.54) is 0 Å². The lowest BCUT2D eigenvalue weighted by Gasteiger charge is -2.01. The fraction of sp³-hybridized carbons (Fsp3) is 0.833. The number of rotatable bonds is 0. The molecule has 1 saturated heterocycles. The second kappa shape index (κ2) is 2.11. The normalized spacial score (nSPS) is 38.5. The predicted molar refractivity (Wildman–Crippen MR) is 37.2 cm³/mol. The summed E-state index contributed by atoms with van der Waals surface area (Å²) < 4.78 is 5.33. The van der Waals surface area contributed by atoms with E-state index in [2.05, 4.69) is 6.92 Å². The molecule has 1 aliphatic heterocycles. The van der Waals surface area contributed by atoms with Crippen LogP contribution in [-0.4, -0.2) is 17.1 Å². The second-order valence-electron chi connectivity index (χ2n) is 2.26. The Bertz CT molecular complexity index is 111. The monoisotopic (exact) mass is 130 g/mol. The molecule has 0 bridgehead atoms. The first kappa shape index (κ1) is 6.17. The van der Waals surface area contributed by atoms with Crippen LogP contribution in [0.3, 0.4) is 0 Å². The van der Waals surface area contributed by atoms with Gasteiger partial charge in [-0.15, -0.1) is 0 Å². The number of thiocarbonyl (C=S) groups is 1. The third-order valence-electron chi connectivity index (χ3n) is 1.38. The fourth-order valence-corrected chi connectivity index (χ4v) is 1.21. The standard InChI is InChI=1S/C6H10OS/c1-4-3-6(8)5(2)7-4/h4-5H,3H2,1-2H3. The molecule has 0 aliphatic carbocycles. The molecule has 0 radical (unpaired) electrons. The van der Waals surface area contributed by atoms with Gasteiger partial charge in [0.15, 0.2) is 0 Å². The highest BCUT2D eigenvalue weighted by molar-refractivity contribution is 7.80. The molecule has 46 valence electrons. The molecule has 1 heterocycles. The summed E-state index contributed by atoms with van der Waals surface area (Å²) in [5.74, 6) is 0. The number of hydrogen-bond acceptors (Lipinski definition) is 2. The topological polar surface area (TPSA) is 9.23 Å². The van der Waals surface area contributed by atoms with Crippen molar-refractivity contribution in [3.8, 4) is 0 Å². The van der Waals surface area contributed by atoms with Crippen LogP contribution in [0, 0.1) is 0 Å². The van der Waals surface area contributed by atoms with Crippen LogP contribution in [0.1, 0.15) is 20.3 Å². The van der Waals surface area contributed by atoms with Crippen LogP contribution in [0.2, 0.25) is 0 Å². The highest BCUT2D eigenvalue weighted by atomic mass is 32.1. The zero-order chi connectivity index (χ0) is 6.15. The highest BCUT2D eigenvalue weighted by Crippen LogP contribution is 2.15. The molecule has 0 amide bonds. The van der Waals surface area contributed by atoms with Gasteiger partial charge in [-0.05, 0) is 13.8 Å². The Morgan fingerprint density at radius 3 is 2.38 bits per heavy atom. The van der Waals surface area contributed by atoms with Crippen molar-refractivity contribution in [2.24, 2.45) is 0 Å². The summed E-state index contributed by atoms with van der Waals surface area (Å²) in [6, 6.07) is 0. The fourth-order valence-electron chi connectivity index (χ4n) is 0.922. The Kier molecular flexibility index (Phi) is 1.63. The average Bonchev–Trinajstić information content (AvgIpc) is 1.85. The van der Waals surface area contributed by atoms with Gasteiger partial charge in [0.05, 0.1) is 12.2 Å². The summed E-state index contributed by atoms with van der Waals surface area (Å²) in [7, 11) is 0. The summed E-state index contributed by atoms with van der Waals surface area (Å²) in [5.41, 5.74) is 0. The zero-order valence-corrected chi connectivity index (χ0v) is 5.99. The second-order valence-corrected chi connectivity index (χ2v) is 2.78. The van der Waals surface area contributed by atoms with Crippen molar-refractivity contribution in [3.63, 3.8) is 0 Å². The number of ether oxygens (including phenoxy) is 1. The third kappa shape index (κ3) is 1.06. The van der Waals surface area contributed by atoms with Gasteiger partial charge in [-0.2, -0.15) is 0 Å². The van der Waals surface area contributed by atoms with Gasteiger partial charge in [0, 0.05) is 11.3 Å². The SMILES string of the molecule is CC1CC(=S)C(C)O1. The Hall–Kier alpha value is 0.0500. The molecular weight excluding hydrogens is 120 g/mol. The molecule has 1 nitrogen and oxygen atoms in total. The largest absolute Gasteiger partial charge is 0.370 e. The molecule has 2 atom stereocenters. The molecule has 0 aromatic heterocycles. The van der Waals surface area contributed by atoms with Crippen LogP contribution in [-0.2, 0) is 4.74 Å². The van der Waals surface area contributed by atoms with E-state index in [9.17, 15) is 0 Å². The minimum Gasteiger partial charge on any atom is -0.370 e. The van der Waals surface area contributed by atoms with E-state index < -0.39 is 0 Å². The van der Waals surface area contributed by atoms with E-state index in [1.807, 2.05) is 6.92 Å². The maximum absolute atomic E-state index is 5.33. The molecule has 2 unspecified atom stereocenters. The Balaban J connectivity index is 2.51. The summed E-state index contributed by atoms with van der Waals surface area (Å²) in [5, 5.41) is 0. The molecule has 0 N–H and O–H groups in total. The van der Waals surface area contributed by atoms with E-state index in [1.54, 1.807) is 0 Å². The predicted octanol–water partition coefficient (Wildman–Crippen LogP) is 1.55. The maximum Gasteiger partial charge on any atom is 0.0863 e. The van der Waals surface area contributed by atoms with Crippen LogP contribution in [0.4, 0.5) is 0 Å². The van der Waals surface area contributed by atoms with Crippen molar-refractivity contribution in [2.75, 3.05) is 0 Å². The third-order valence-corrected chi connectivity index (χ3v) is 1.88. The smallest absolute Gasteiger partial charge is 0.0863 e. The van der Waals surface area contributed by atoms with Crippen LogP contribution in [0.15, 0.2) is 0 Å². The Morgan fingerprint density at radius 1 is 1.62 bits per heavy atom. The molecular formula is C6H10OS. The molecule has 0 spiro atoms. The summed E-state index contributed by atoms with van der Waals surface area (Å²) >= 11 is 4.99. The molecule has 1 rings (SSSR count). The molecule has 2 heteroatoms. The first-order chi connectivity index (χ1) is 3.70. The van der Waals surface area contributed by atoms with Gasteiger partial charge in [-0.3, -0.25) is 0 Å². The van der Waals surface area contributed by atoms with Gasteiger partial charge in [0.25, 0.3) is 0 Å². The average molecular weight is 130 g/mol. The maximum atomic E-state index is 5.33. The van der Waals surface area contributed by atoms with Crippen molar-refractivity contribution < 1.29 is 4.74 Å². The van der Waals surface area contributed by atoms with E-state index in [-0.39, 0.29) is 6.10 Å². The van der Waals surface area contributed by atoms with Gasteiger partial charge in [-0.25, -0.2) is 0 Å². The summed E-state index contributed by atoms with van der Waals surface area (Å²) in [6.45, 7) is 4.06. The van der Waals surface area contributed by atoms with Crippen molar-refractivity contribution in [1.82, 2.24) is 0 Å². The van der Waals surface area contributed by atoms with Crippen molar-refractivity contribution in [3.05, 3.63) is 0 Å². The lowest BCUT2D eigenvalue weighted by Crippen LogP contribution is -2.07. The molecule has 0 aromatic carbocycles. The lowest BCUT2D eigenvalue weighted by molar-refractivity contribution is 0.0797. The first-order valence-corrected chi connectivity index (χ1v) is 3.29. The van der Waals surface area contributed by atoms with Gasteiger partial charge < -0.3 is 4.74 Å². The molecule has 0 saturated carbocycles. The molecule has 1 fully saturated rings. The van der Waals surface area contributed by atoms with Crippen LogP contribution < -0.4 is 0 Å². The van der Waals surface area contributed by atoms with Crippen molar-refractivity contribution in [2.45, 2.75) is 32.5 Å². The van der Waals surface area contributed by atoms with Crippen molar-refractivity contribution in [1.29, 1.82) is 0 Å². The Labute approximate surface area is 55.0 Å². The summed E-state index contributed by atoms with van der Waals surface area (Å²) in [4.78, 5) is 1.07. The first-order valence-electron chi connectivity index (χ1n) is 2.88. The van der Waals surface area contributed by atoms with Gasteiger partial charge >= 0.3 is 0 Å². The van der Waals surface area contributed by atoms with E-state index in [0.717, 1.165) is 11.3 Å². The summed E-state index contributed by atoms with van der Waals surface area (Å²) in [6.07, 6.45) is 1.55. The molecule has 0 aromatic rings. The lowest BCUT2D eigenvalue weighted by atomic mass is 10.2. The Morgan fingerprint density at radius 2 is 2.25 bits per heavy atom. The number of hydrogen-bond donors (Lipinski definition) is 0. The minimum absolute atomic E-state index is 0.222. The van der Waals surface area contributed by atoms with Crippen molar-refractivity contribution >= 4 is 17.1 Å².